The summed E-state index contributed by atoms with van der Waals surface area (Å²) in [5.74, 6) is -1.82. The van der Waals surface area contributed by atoms with Gasteiger partial charge in [0.25, 0.3) is 0 Å². The first-order valence-electron chi connectivity index (χ1n) is 5.53. The Balaban J connectivity index is 2.31. The number of carbonyl (C=O) groups is 1. The van der Waals surface area contributed by atoms with Crippen molar-refractivity contribution in [3.8, 4) is 0 Å². The Hall–Kier alpha value is -2.17. The molecule has 0 aliphatic carbocycles. The van der Waals surface area contributed by atoms with E-state index in [1.807, 2.05) is 0 Å². The summed E-state index contributed by atoms with van der Waals surface area (Å²) in [5.41, 5.74) is 0.382. The highest BCUT2D eigenvalue weighted by Gasteiger charge is 2.25. The van der Waals surface area contributed by atoms with E-state index in [-0.39, 0.29) is 6.42 Å². The third kappa shape index (κ3) is 2.40. The number of aromatic nitrogens is 2. The van der Waals surface area contributed by atoms with Crippen LogP contribution in [0.1, 0.15) is 17.3 Å². The van der Waals surface area contributed by atoms with E-state index in [4.69, 9.17) is 0 Å². The molecule has 1 heterocycles. The number of carboxylic acid groups (broad SMARTS) is 1. The van der Waals surface area contributed by atoms with Gasteiger partial charge in [0.05, 0.1) is 0 Å². The maximum Gasteiger partial charge on any atom is 0.314 e. The van der Waals surface area contributed by atoms with Crippen LogP contribution in [0.3, 0.4) is 0 Å². The van der Waals surface area contributed by atoms with Gasteiger partial charge in [-0.25, -0.2) is 9.37 Å². The fourth-order valence-electron chi connectivity index (χ4n) is 1.89. The second-order valence-electron chi connectivity index (χ2n) is 4.08. The zero-order chi connectivity index (χ0) is 13.1. The topological polar surface area (TPSA) is 55.1 Å². The maximum absolute atomic E-state index is 13.5. The standard InChI is InChI=1S/C13H13FN2O2/c1-16-7-6-15-12(16)10(13(17)18)8-9-4-2-3-5-11(9)14/h2-7,10H,8H2,1H3,(H,17,18). The van der Waals surface area contributed by atoms with Gasteiger partial charge >= 0.3 is 5.97 Å². The van der Waals surface area contributed by atoms with Crippen molar-refractivity contribution >= 4 is 5.97 Å². The summed E-state index contributed by atoms with van der Waals surface area (Å²) in [6, 6.07) is 6.19. The van der Waals surface area contributed by atoms with E-state index >= 15 is 0 Å². The van der Waals surface area contributed by atoms with Crippen LogP contribution in [0, 0.1) is 5.82 Å². The summed E-state index contributed by atoms with van der Waals surface area (Å²) in [5, 5.41) is 9.25. The van der Waals surface area contributed by atoms with Gasteiger partial charge in [0, 0.05) is 19.4 Å². The number of nitrogens with zero attached hydrogens (tertiary/aromatic N) is 2. The van der Waals surface area contributed by atoms with E-state index < -0.39 is 17.7 Å². The zero-order valence-corrected chi connectivity index (χ0v) is 9.88. The van der Waals surface area contributed by atoms with Gasteiger partial charge in [-0.3, -0.25) is 4.79 Å². The molecular weight excluding hydrogens is 235 g/mol. The number of aliphatic carboxylic acids is 1. The summed E-state index contributed by atoms with van der Waals surface area (Å²) >= 11 is 0. The molecule has 1 N–H and O–H groups in total. The van der Waals surface area contributed by atoms with Crippen LogP contribution in [0.25, 0.3) is 0 Å². The first-order chi connectivity index (χ1) is 8.59. The number of carboxylic acids is 1. The van der Waals surface area contributed by atoms with E-state index in [1.54, 1.807) is 36.0 Å². The second kappa shape index (κ2) is 5.00. The van der Waals surface area contributed by atoms with Crippen LogP contribution in [-0.4, -0.2) is 20.6 Å². The summed E-state index contributed by atoms with van der Waals surface area (Å²) in [4.78, 5) is 15.3. The molecule has 0 bridgehead atoms. The Bertz CT molecular complexity index is 566. The fraction of sp³-hybridized carbons (Fsp3) is 0.231. The van der Waals surface area contributed by atoms with Crippen molar-refractivity contribution in [1.29, 1.82) is 0 Å². The van der Waals surface area contributed by atoms with Crippen molar-refractivity contribution < 1.29 is 14.3 Å². The SMILES string of the molecule is Cn1ccnc1C(Cc1ccccc1F)C(=O)O. The second-order valence-corrected chi connectivity index (χ2v) is 4.08. The lowest BCUT2D eigenvalue weighted by atomic mass is 9.98. The third-order valence-electron chi connectivity index (χ3n) is 2.85. The molecule has 94 valence electrons. The van der Waals surface area contributed by atoms with E-state index in [0.717, 1.165) is 0 Å². The molecular formula is C13H13FN2O2. The number of hydrogen-bond donors (Lipinski definition) is 1. The maximum atomic E-state index is 13.5. The van der Waals surface area contributed by atoms with Crippen LogP contribution in [0.15, 0.2) is 36.7 Å². The molecule has 4 nitrogen and oxygen atoms in total. The lowest BCUT2D eigenvalue weighted by molar-refractivity contribution is -0.139. The van der Waals surface area contributed by atoms with Crippen molar-refractivity contribution in [3.63, 3.8) is 0 Å². The Labute approximate surface area is 104 Å². The molecule has 0 saturated heterocycles. The molecule has 0 saturated carbocycles. The Kier molecular flexibility index (Phi) is 3.41. The summed E-state index contributed by atoms with van der Waals surface area (Å²) < 4.78 is 15.2. The lowest BCUT2D eigenvalue weighted by Crippen LogP contribution is -2.19. The predicted octanol–water partition coefficient (Wildman–Crippen LogP) is 1.97. The van der Waals surface area contributed by atoms with Crippen molar-refractivity contribution in [2.24, 2.45) is 7.05 Å². The first-order valence-corrected chi connectivity index (χ1v) is 5.53. The molecule has 0 aliphatic heterocycles. The van der Waals surface area contributed by atoms with E-state index in [0.29, 0.717) is 11.4 Å². The van der Waals surface area contributed by atoms with E-state index in [2.05, 4.69) is 4.98 Å². The van der Waals surface area contributed by atoms with Crippen LogP contribution in [-0.2, 0) is 18.3 Å². The largest absolute Gasteiger partial charge is 0.481 e. The Morgan fingerprint density at radius 1 is 1.50 bits per heavy atom. The van der Waals surface area contributed by atoms with Crippen molar-refractivity contribution in [3.05, 3.63) is 53.9 Å². The van der Waals surface area contributed by atoms with Gasteiger partial charge < -0.3 is 9.67 Å². The summed E-state index contributed by atoms with van der Waals surface area (Å²) in [6.07, 6.45) is 3.30. The highest BCUT2D eigenvalue weighted by atomic mass is 19.1. The van der Waals surface area contributed by atoms with Gasteiger partial charge in [-0.15, -0.1) is 0 Å². The van der Waals surface area contributed by atoms with Crippen LogP contribution >= 0.6 is 0 Å². The van der Waals surface area contributed by atoms with Gasteiger partial charge in [-0.05, 0) is 18.1 Å². The molecule has 18 heavy (non-hydrogen) atoms. The highest BCUT2D eigenvalue weighted by molar-refractivity contribution is 5.75. The molecule has 1 unspecified atom stereocenters. The molecule has 0 amide bonds. The number of halogens is 1. The quantitative estimate of drug-likeness (QED) is 0.900. The Morgan fingerprint density at radius 3 is 2.78 bits per heavy atom. The first kappa shape index (κ1) is 12.3. The smallest absolute Gasteiger partial charge is 0.314 e. The average molecular weight is 248 g/mol. The van der Waals surface area contributed by atoms with Crippen LogP contribution < -0.4 is 0 Å². The molecule has 0 spiro atoms. The molecule has 5 heteroatoms. The van der Waals surface area contributed by atoms with Crippen LogP contribution in [0.5, 0.6) is 0 Å². The van der Waals surface area contributed by atoms with Gasteiger partial charge in [0.15, 0.2) is 0 Å². The molecule has 2 aromatic rings. The van der Waals surface area contributed by atoms with Crippen molar-refractivity contribution in [1.82, 2.24) is 9.55 Å². The van der Waals surface area contributed by atoms with Crippen molar-refractivity contribution in [2.45, 2.75) is 12.3 Å². The van der Waals surface area contributed by atoms with Crippen LogP contribution in [0.4, 0.5) is 4.39 Å². The minimum atomic E-state index is -1.01. The summed E-state index contributed by atoms with van der Waals surface area (Å²) in [7, 11) is 1.72. The van der Waals surface area contributed by atoms with Crippen molar-refractivity contribution in [2.75, 3.05) is 0 Å². The monoisotopic (exact) mass is 248 g/mol. The molecule has 1 atom stereocenters. The van der Waals surface area contributed by atoms with Gasteiger partial charge in [0.1, 0.15) is 17.6 Å². The van der Waals surface area contributed by atoms with Crippen LogP contribution in [0.2, 0.25) is 0 Å². The van der Waals surface area contributed by atoms with Gasteiger partial charge in [-0.2, -0.15) is 0 Å². The average Bonchev–Trinajstić information content (AvgIpc) is 2.74. The minimum absolute atomic E-state index is 0.0901. The van der Waals surface area contributed by atoms with Gasteiger partial charge in [-0.1, -0.05) is 18.2 Å². The highest BCUT2D eigenvalue weighted by Crippen LogP contribution is 2.21. The molecule has 1 aromatic heterocycles. The number of aryl methyl sites for hydroxylation is 1. The molecule has 1 aromatic carbocycles. The number of hydrogen-bond acceptors (Lipinski definition) is 2. The van der Waals surface area contributed by atoms with E-state index in [9.17, 15) is 14.3 Å². The molecule has 0 radical (unpaired) electrons. The zero-order valence-electron chi connectivity index (χ0n) is 9.88. The minimum Gasteiger partial charge on any atom is -0.481 e. The number of benzene rings is 1. The molecule has 0 fully saturated rings. The number of rotatable bonds is 4. The predicted molar refractivity (Wildman–Crippen MR) is 63.7 cm³/mol. The van der Waals surface area contributed by atoms with Gasteiger partial charge in [0.2, 0.25) is 0 Å². The summed E-state index contributed by atoms with van der Waals surface area (Å²) in [6.45, 7) is 0. The normalized spacial score (nSPS) is 12.3. The number of imidazole rings is 1. The Morgan fingerprint density at radius 2 is 2.22 bits per heavy atom. The molecule has 0 aliphatic rings. The van der Waals surface area contributed by atoms with E-state index in [1.165, 1.54) is 12.3 Å². The third-order valence-corrected chi connectivity index (χ3v) is 2.85. The lowest BCUT2D eigenvalue weighted by Gasteiger charge is -2.12. The fourth-order valence-corrected chi connectivity index (χ4v) is 1.89. The molecule has 2 rings (SSSR count).